The number of anilines is 3. The molecule has 0 spiro atoms. The van der Waals surface area contributed by atoms with E-state index in [0.717, 1.165) is 5.69 Å². The highest BCUT2D eigenvalue weighted by molar-refractivity contribution is 6.14. The van der Waals surface area contributed by atoms with Crippen LogP contribution in [0, 0.1) is 0 Å². The molecule has 1 heteroatoms. The molecule has 0 N–H and O–H groups in total. The van der Waals surface area contributed by atoms with Crippen molar-refractivity contribution in [3.63, 3.8) is 0 Å². The Hall–Kier alpha value is -6.70. The quantitative estimate of drug-likeness (QED) is 0.131. The Kier molecular flexibility index (Phi) is 6.66. The Bertz CT molecular complexity index is 3060. The topological polar surface area (TPSA) is 3.24 Å². The van der Waals surface area contributed by atoms with E-state index in [4.69, 9.17) is 0 Å². The van der Waals surface area contributed by atoms with Gasteiger partial charge in [-0.1, -0.05) is 159 Å². The first-order valence-electron chi connectivity index (χ1n) is 18.9. The zero-order chi connectivity index (χ0) is 36.0. The maximum Gasteiger partial charge on any atom is 0.0540 e. The van der Waals surface area contributed by atoms with Gasteiger partial charge in [0.1, 0.15) is 0 Å². The molecule has 0 aromatic heterocycles. The highest BCUT2D eigenvalue weighted by atomic mass is 15.1. The second-order valence-electron chi connectivity index (χ2n) is 15.3. The molecule has 1 aliphatic carbocycles. The average Bonchev–Trinajstić information content (AvgIpc) is 3.45. The molecule has 0 unspecified atom stereocenters. The van der Waals surface area contributed by atoms with Crippen LogP contribution in [0.15, 0.2) is 188 Å². The van der Waals surface area contributed by atoms with Crippen LogP contribution in [-0.2, 0) is 5.41 Å². The van der Waals surface area contributed by atoms with Gasteiger partial charge >= 0.3 is 0 Å². The van der Waals surface area contributed by atoms with Gasteiger partial charge in [-0.15, -0.1) is 0 Å². The van der Waals surface area contributed by atoms with Gasteiger partial charge < -0.3 is 4.90 Å². The van der Waals surface area contributed by atoms with Crippen LogP contribution in [0.5, 0.6) is 0 Å². The molecule has 0 radical (unpaired) electrons. The monoisotopic (exact) mass is 687 g/mol. The Morgan fingerprint density at radius 3 is 1.54 bits per heavy atom. The molecule has 0 heterocycles. The molecule has 11 rings (SSSR count). The van der Waals surface area contributed by atoms with E-state index in [0.29, 0.717) is 0 Å². The lowest BCUT2D eigenvalue weighted by Crippen LogP contribution is -2.17. The Labute approximate surface area is 315 Å². The number of benzene rings is 10. The van der Waals surface area contributed by atoms with Crippen LogP contribution in [0.3, 0.4) is 0 Å². The van der Waals surface area contributed by atoms with E-state index < -0.39 is 0 Å². The third kappa shape index (κ3) is 4.58. The van der Waals surface area contributed by atoms with Gasteiger partial charge in [0.05, 0.1) is 11.4 Å². The molecule has 0 amide bonds. The lowest BCUT2D eigenvalue weighted by molar-refractivity contribution is 0.660. The van der Waals surface area contributed by atoms with E-state index in [2.05, 4.69) is 207 Å². The summed E-state index contributed by atoms with van der Waals surface area (Å²) >= 11 is 0. The Morgan fingerprint density at radius 1 is 0.333 bits per heavy atom. The molecule has 0 aliphatic heterocycles. The molecule has 54 heavy (non-hydrogen) atoms. The van der Waals surface area contributed by atoms with Crippen molar-refractivity contribution >= 4 is 70.9 Å². The van der Waals surface area contributed by atoms with Gasteiger partial charge in [-0.25, -0.2) is 0 Å². The zero-order valence-electron chi connectivity index (χ0n) is 30.3. The lowest BCUT2D eigenvalue weighted by atomic mass is 9.81. The van der Waals surface area contributed by atoms with Crippen LogP contribution in [0.25, 0.3) is 76.1 Å². The van der Waals surface area contributed by atoms with Crippen molar-refractivity contribution in [3.05, 3.63) is 199 Å². The van der Waals surface area contributed by atoms with Crippen molar-refractivity contribution in [2.24, 2.45) is 0 Å². The normalized spacial score (nSPS) is 13.1. The first-order valence-corrected chi connectivity index (χ1v) is 18.9. The first kappa shape index (κ1) is 30.9. The molecule has 1 aliphatic rings. The average molecular weight is 688 g/mol. The predicted molar refractivity (Wildman–Crippen MR) is 232 cm³/mol. The van der Waals surface area contributed by atoms with Crippen LogP contribution in [0.1, 0.15) is 25.0 Å². The Balaban J connectivity index is 1.06. The second kappa shape index (κ2) is 11.7. The van der Waals surface area contributed by atoms with Crippen molar-refractivity contribution in [1.29, 1.82) is 0 Å². The summed E-state index contributed by atoms with van der Waals surface area (Å²) < 4.78 is 0. The minimum atomic E-state index is -0.198. The van der Waals surface area contributed by atoms with Crippen molar-refractivity contribution in [2.45, 2.75) is 19.3 Å². The van der Waals surface area contributed by atoms with Crippen molar-refractivity contribution < 1.29 is 0 Å². The first-order chi connectivity index (χ1) is 26.5. The Morgan fingerprint density at radius 2 is 0.833 bits per heavy atom. The van der Waals surface area contributed by atoms with Crippen LogP contribution in [0.4, 0.5) is 17.1 Å². The van der Waals surface area contributed by atoms with Gasteiger partial charge in [-0.3, -0.25) is 0 Å². The lowest BCUT2D eigenvalue weighted by Gasteiger charge is -2.30. The number of rotatable bonds is 4. The molecule has 0 atom stereocenters. The van der Waals surface area contributed by atoms with Crippen molar-refractivity contribution in [3.8, 4) is 22.3 Å². The van der Waals surface area contributed by atoms with Crippen LogP contribution in [-0.4, -0.2) is 0 Å². The third-order valence-corrected chi connectivity index (χ3v) is 12.0. The summed E-state index contributed by atoms with van der Waals surface area (Å²) in [5, 5.41) is 12.7. The van der Waals surface area contributed by atoms with E-state index >= 15 is 0 Å². The molecular formula is C53H37N. The summed E-state index contributed by atoms with van der Waals surface area (Å²) in [4.78, 5) is 2.47. The van der Waals surface area contributed by atoms with Crippen LogP contribution in [0.2, 0.25) is 0 Å². The van der Waals surface area contributed by atoms with Gasteiger partial charge in [-0.2, -0.15) is 0 Å². The highest BCUT2D eigenvalue weighted by Gasteiger charge is 2.36. The van der Waals surface area contributed by atoms with Crippen LogP contribution < -0.4 is 4.90 Å². The molecule has 0 saturated carbocycles. The zero-order valence-corrected chi connectivity index (χ0v) is 30.3. The standard InChI is InChI=1S/C53H37N/c1-53(2)49-32-39(42-21-9-17-37-30-48-38(31-47(37)42)25-24-36-14-3-6-18-41(36)48)26-28-45(49)46-29-27-40(33-50(46)53)54(51-22-10-15-34-12-4-7-19-43(34)51)52-23-11-16-35-13-5-8-20-44(35)52/h3-33H,1-2H3. The number of hydrogen-bond acceptors (Lipinski definition) is 1. The van der Waals surface area contributed by atoms with Gasteiger partial charge in [0, 0.05) is 21.9 Å². The smallest absolute Gasteiger partial charge is 0.0540 e. The summed E-state index contributed by atoms with van der Waals surface area (Å²) in [6.45, 7) is 4.79. The van der Waals surface area contributed by atoms with Crippen molar-refractivity contribution in [1.82, 2.24) is 0 Å². The van der Waals surface area contributed by atoms with E-state index in [-0.39, 0.29) is 5.41 Å². The maximum atomic E-state index is 2.47. The molecule has 0 saturated heterocycles. The molecule has 10 aromatic carbocycles. The fraction of sp³-hybridized carbons (Fsp3) is 0.0566. The maximum absolute atomic E-state index is 2.47. The number of nitrogens with zero attached hydrogens (tertiary/aromatic N) is 1. The summed E-state index contributed by atoms with van der Waals surface area (Å²) in [5.74, 6) is 0. The van der Waals surface area contributed by atoms with E-state index in [1.165, 1.54) is 98.6 Å². The fourth-order valence-electron chi connectivity index (χ4n) is 9.28. The third-order valence-electron chi connectivity index (χ3n) is 12.0. The number of fused-ring (bicyclic) bond motifs is 9. The second-order valence-corrected chi connectivity index (χ2v) is 15.3. The van der Waals surface area contributed by atoms with E-state index in [9.17, 15) is 0 Å². The highest BCUT2D eigenvalue weighted by Crippen LogP contribution is 2.52. The molecule has 254 valence electrons. The van der Waals surface area contributed by atoms with Gasteiger partial charge in [0.25, 0.3) is 0 Å². The fourth-order valence-corrected chi connectivity index (χ4v) is 9.28. The largest absolute Gasteiger partial charge is 0.309 e. The van der Waals surface area contributed by atoms with Crippen LogP contribution >= 0.6 is 0 Å². The summed E-state index contributed by atoms with van der Waals surface area (Å²) in [7, 11) is 0. The van der Waals surface area contributed by atoms with Gasteiger partial charge in [0.15, 0.2) is 0 Å². The molecular weight excluding hydrogens is 651 g/mol. The predicted octanol–water partition coefficient (Wildman–Crippen LogP) is 14.9. The minimum Gasteiger partial charge on any atom is -0.309 e. The van der Waals surface area contributed by atoms with Gasteiger partial charge in [0.2, 0.25) is 0 Å². The van der Waals surface area contributed by atoms with E-state index in [1.807, 2.05) is 0 Å². The van der Waals surface area contributed by atoms with E-state index in [1.54, 1.807) is 0 Å². The molecule has 0 fully saturated rings. The summed E-state index contributed by atoms with van der Waals surface area (Å²) in [5.41, 5.74) is 11.2. The van der Waals surface area contributed by atoms with Crippen molar-refractivity contribution in [2.75, 3.05) is 4.90 Å². The molecule has 0 bridgehead atoms. The number of hydrogen-bond donors (Lipinski definition) is 0. The van der Waals surface area contributed by atoms with Gasteiger partial charge in [-0.05, 0) is 119 Å². The molecule has 1 nitrogen and oxygen atoms in total. The minimum absolute atomic E-state index is 0.198. The SMILES string of the molecule is CC1(C)c2cc(-c3cccc4cc5c(ccc6ccccc65)cc34)ccc2-c2ccc(N(c3cccc4ccccc34)c3cccc4ccccc34)cc21. The summed E-state index contributed by atoms with van der Waals surface area (Å²) in [6.07, 6.45) is 0. The summed E-state index contributed by atoms with van der Waals surface area (Å²) in [6, 6.07) is 69.8. The molecule has 10 aromatic rings.